The molecule has 0 amide bonds. The highest BCUT2D eigenvalue weighted by Crippen LogP contribution is 2.46. The van der Waals surface area contributed by atoms with E-state index in [4.69, 9.17) is 5.11 Å². The van der Waals surface area contributed by atoms with Gasteiger partial charge in [-0.2, -0.15) is 0 Å². The van der Waals surface area contributed by atoms with E-state index in [0.717, 1.165) is 30.0 Å². The van der Waals surface area contributed by atoms with Gasteiger partial charge in [0.1, 0.15) is 0 Å². The van der Waals surface area contributed by atoms with Crippen molar-refractivity contribution in [2.75, 3.05) is 11.9 Å². The van der Waals surface area contributed by atoms with Gasteiger partial charge >= 0.3 is 5.97 Å². The third kappa shape index (κ3) is 4.51. The standard InChI is InChI=1S/C27H40N2O2/c1-28(26-11-3-2-8-21(26)12-13-27(30)31)24-17-22-9-5-10-23(18-24)29(22)25-15-19-6-4-7-20(14-19)16-25/h2-3,8,11,19-20,22-25H,4-7,9-10,12-18H2,1H3,(H,30,31)/t19-,20+,22-,23+,24+,25+. The second-order valence-electron chi connectivity index (χ2n) is 11.0. The summed E-state index contributed by atoms with van der Waals surface area (Å²) < 4.78 is 0. The van der Waals surface area contributed by atoms with Crippen molar-refractivity contribution in [2.45, 2.75) is 108 Å². The molecule has 5 rings (SSSR count). The first kappa shape index (κ1) is 21.3. The molecule has 2 aliphatic carbocycles. The molecule has 2 saturated heterocycles. The fraction of sp³-hybridized carbons (Fsp3) is 0.741. The molecule has 2 heterocycles. The normalized spacial score (nSPS) is 35.5. The average Bonchev–Trinajstić information content (AvgIpc) is 2.76. The molecular weight excluding hydrogens is 384 g/mol. The van der Waals surface area contributed by atoms with Crippen molar-refractivity contribution in [3.8, 4) is 0 Å². The van der Waals surface area contributed by atoms with Gasteiger partial charge in [0.2, 0.25) is 0 Å². The molecule has 2 aliphatic heterocycles. The number of carbonyl (C=O) groups is 1. The Morgan fingerprint density at radius 1 is 0.935 bits per heavy atom. The van der Waals surface area contributed by atoms with Crippen molar-refractivity contribution < 1.29 is 9.90 Å². The van der Waals surface area contributed by atoms with Gasteiger partial charge in [0, 0.05) is 43.3 Å². The Morgan fingerprint density at radius 3 is 2.26 bits per heavy atom. The molecule has 6 atom stereocenters. The van der Waals surface area contributed by atoms with Crippen LogP contribution in [0.15, 0.2) is 24.3 Å². The number of hydrogen-bond acceptors (Lipinski definition) is 3. The summed E-state index contributed by atoms with van der Waals surface area (Å²) >= 11 is 0. The second kappa shape index (κ2) is 9.13. The average molecular weight is 425 g/mol. The maximum absolute atomic E-state index is 11.1. The van der Waals surface area contributed by atoms with Crippen LogP contribution in [0.1, 0.15) is 82.6 Å². The van der Waals surface area contributed by atoms with E-state index in [2.05, 4.69) is 35.0 Å². The first-order chi connectivity index (χ1) is 15.1. The number of para-hydroxylation sites is 1. The zero-order chi connectivity index (χ0) is 21.4. The first-order valence-electron chi connectivity index (χ1n) is 12.9. The van der Waals surface area contributed by atoms with Crippen LogP contribution in [-0.4, -0.2) is 47.2 Å². The Hall–Kier alpha value is -1.55. The minimum atomic E-state index is -0.711. The largest absolute Gasteiger partial charge is 0.481 e. The molecule has 4 aliphatic rings. The molecular formula is C27H40N2O2. The summed E-state index contributed by atoms with van der Waals surface area (Å²) in [4.78, 5) is 16.6. The smallest absolute Gasteiger partial charge is 0.303 e. The third-order valence-corrected chi connectivity index (χ3v) is 9.06. The highest BCUT2D eigenvalue weighted by molar-refractivity contribution is 5.68. The number of rotatable bonds is 6. The molecule has 0 spiro atoms. The molecule has 2 saturated carbocycles. The molecule has 1 aromatic carbocycles. The zero-order valence-electron chi connectivity index (χ0n) is 19.2. The minimum Gasteiger partial charge on any atom is -0.481 e. The predicted molar refractivity (Wildman–Crippen MR) is 126 cm³/mol. The highest BCUT2D eigenvalue weighted by Gasteiger charge is 2.45. The maximum atomic E-state index is 11.1. The Bertz CT molecular complexity index is 754. The number of piperidine rings is 2. The second-order valence-corrected chi connectivity index (χ2v) is 11.0. The van der Waals surface area contributed by atoms with E-state index in [1.165, 1.54) is 81.9 Å². The number of fused-ring (bicyclic) bond motifs is 4. The summed E-state index contributed by atoms with van der Waals surface area (Å²) in [5.41, 5.74) is 2.42. The summed E-state index contributed by atoms with van der Waals surface area (Å²) in [7, 11) is 2.25. The van der Waals surface area contributed by atoms with Gasteiger partial charge in [-0.3, -0.25) is 9.69 Å². The number of nitrogens with zero attached hydrogens (tertiary/aromatic N) is 2. The van der Waals surface area contributed by atoms with Gasteiger partial charge in [-0.05, 0) is 74.8 Å². The number of anilines is 1. The molecule has 170 valence electrons. The topological polar surface area (TPSA) is 43.8 Å². The van der Waals surface area contributed by atoms with E-state index in [1.807, 2.05) is 6.07 Å². The molecule has 0 radical (unpaired) electrons. The number of carboxylic acid groups (broad SMARTS) is 1. The highest BCUT2D eigenvalue weighted by atomic mass is 16.4. The lowest BCUT2D eigenvalue weighted by molar-refractivity contribution is -0.136. The van der Waals surface area contributed by atoms with Crippen molar-refractivity contribution in [3.05, 3.63) is 29.8 Å². The molecule has 1 N–H and O–H groups in total. The van der Waals surface area contributed by atoms with E-state index in [-0.39, 0.29) is 6.42 Å². The van der Waals surface area contributed by atoms with E-state index in [0.29, 0.717) is 12.5 Å². The predicted octanol–water partition coefficient (Wildman–Crippen LogP) is 5.49. The van der Waals surface area contributed by atoms with Crippen molar-refractivity contribution in [1.82, 2.24) is 4.90 Å². The van der Waals surface area contributed by atoms with E-state index in [1.54, 1.807) is 0 Å². The third-order valence-electron chi connectivity index (χ3n) is 9.06. The van der Waals surface area contributed by atoms with Gasteiger partial charge in [0.15, 0.2) is 0 Å². The monoisotopic (exact) mass is 424 g/mol. The lowest BCUT2D eigenvalue weighted by atomic mass is 9.68. The molecule has 4 heteroatoms. The molecule has 1 aromatic rings. The number of aliphatic carboxylic acids is 1. The SMILES string of the molecule is CN(c1ccccc1CCC(=O)O)[C@H]1C[C@H]2CCC[C@@H](C1)N2[C@H]1C[C@@H]2CCC[C@@H](C2)C1. The molecule has 4 fully saturated rings. The number of hydrogen-bond donors (Lipinski definition) is 1. The van der Waals surface area contributed by atoms with E-state index < -0.39 is 5.97 Å². The summed E-state index contributed by atoms with van der Waals surface area (Å²) in [6.07, 6.45) is 16.4. The zero-order valence-corrected chi connectivity index (χ0v) is 19.2. The van der Waals surface area contributed by atoms with E-state index in [9.17, 15) is 4.79 Å². The molecule has 0 unspecified atom stereocenters. The van der Waals surface area contributed by atoms with Crippen molar-refractivity contribution in [1.29, 1.82) is 0 Å². The van der Waals surface area contributed by atoms with Crippen LogP contribution in [0.5, 0.6) is 0 Å². The van der Waals surface area contributed by atoms with Crippen molar-refractivity contribution in [3.63, 3.8) is 0 Å². The first-order valence-corrected chi connectivity index (χ1v) is 12.9. The summed E-state index contributed by atoms with van der Waals surface area (Å²) in [5.74, 6) is 1.29. The van der Waals surface area contributed by atoms with Gasteiger partial charge in [0.05, 0.1) is 0 Å². The van der Waals surface area contributed by atoms with Crippen LogP contribution in [0.3, 0.4) is 0 Å². The lowest BCUT2D eigenvalue weighted by Gasteiger charge is -2.56. The van der Waals surface area contributed by atoms with Gasteiger partial charge in [0.25, 0.3) is 0 Å². The van der Waals surface area contributed by atoms with Crippen LogP contribution >= 0.6 is 0 Å². The number of aryl methyl sites for hydroxylation is 1. The number of benzene rings is 1. The van der Waals surface area contributed by atoms with Gasteiger partial charge < -0.3 is 10.0 Å². The number of carboxylic acids is 1. The quantitative estimate of drug-likeness (QED) is 0.655. The Labute approximate surface area is 188 Å². The summed E-state index contributed by atoms with van der Waals surface area (Å²) in [6, 6.07) is 11.4. The summed E-state index contributed by atoms with van der Waals surface area (Å²) in [6.45, 7) is 0. The van der Waals surface area contributed by atoms with Crippen molar-refractivity contribution >= 4 is 11.7 Å². The molecule has 0 aromatic heterocycles. The van der Waals surface area contributed by atoms with Crippen LogP contribution in [0.2, 0.25) is 0 Å². The summed E-state index contributed by atoms with van der Waals surface area (Å²) in [5, 5.41) is 9.16. The van der Waals surface area contributed by atoms with Gasteiger partial charge in [-0.25, -0.2) is 0 Å². The Morgan fingerprint density at radius 2 is 1.58 bits per heavy atom. The molecule has 4 bridgehead atoms. The van der Waals surface area contributed by atoms with Crippen LogP contribution in [0.25, 0.3) is 0 Å². The molecule has 4 nitrogen and oxygen atoms in total. The van der Waals surface area contributed by atoms with Crippen LogP contribution in [0, 0.1) is 11.8 Å². The van der Waals surface area contributed by atoms with E-state index >= 15 is 0 Å². The fourth-order valence-corrected chi connectivity index (χ4v) is 7.75. The van der Waals surface area contributed by atoms with Crippen LogP contribution < -0.4 is 4.90 Å². The minimum absolute atomic E-state index is 0.207. The maximum Gasteiger partial charge on any atom is 0.303 e. The van der Waals surface area contributed by atoms with Crippen molar-refractivity contribution in [2.24, 2.45) is 11.8 Å². The fourth-order valence-electron chi connectivity index (χ4n) is 7.75. The Kier molecular flexibility index (Phi) is 6.28. The Balaban J connectivity index is 1.30. The van der Waals surface area contributed by atoms with Crippen LogP contribution in [-0.2, 0) is 11.2 Å². The lowest BCUT2D eigenvalue weighted by Crippen LogP contribution is -2.61. The van der Waals surface area contributed by atoms with Crippen LogP contribution in [0.4, 0.5) is 5.69 Å². The van der Waals surface area contributed by atoms with Gasteiger partial charge in [-0.1, -0.05) is 43.9 Å². The molecule has 31 heavy (non-hydrogen) atoms. The van der Waals surface area contributed by atoms with Gasteiger partial charge in [-0.15, -0.1) is 0 Å².